The Hall–Kier alpha value is -2.03. The topological polar surface area (TPSA) is 82.6 Å². The quantitative estimate of drug-likeness (QED) is 0.765. The molecule has 136 valence electrons. The summed E-state index contributed by atoms with van der Waals surface area (Å²) in [5.74, 6) is -0.239. The van der Waals surface area contributed by atoms with Gasteiger partial charge in [-0.2, -0.15) is 0 Å². The van der Waals surface area contributed by atoms with Crippen molar-refractivity contribution in [2.45, 2.75) is 6.42 Å². The van der Waals surface area contributed by atoms with Gasteiger partial charge in [0.05, 0.1) is 17.5 Å². The molecule has 0 fully saturated rings. The molecule has 2 rings (SSSR count). The zero-order valence-electron chi connectivity index (χ0n) is 14.8. The summed E-state index contributed by atoms with van der Waals surface area (Å²) in [5.41, 5.74) is 1.34. The van der Waals surface area contributed by atoms with Crippen molar-refractivity contribution in [2.75, 3.05) is 45.3 Å². The number of para-hydroxylation sites is 1. The van der Waals surface area contributed by atoms with Gasteiger partial charge in [0.2, 0.25) is 15.9 Å². The van der Waals surface area contributed by atoms with Crippen molar-refractivity contribution < 1.29 is 13.2 Å². The van der Waals surface area contributed by atoms with Crippen molar-refractivity contribution in [3.8, 4) is 0 Å². The number of hydrogen-bond acceptors (Lipinski definition) is 5. The fraction of sp³-hybridized carbons (Fsp3) is 0.412. The second-order valence-electron chi connectivity index (χ2n) is 6.14. The van der Waals surface area contributed by atoms with Crippen LogP contribution >= 0.6 is 0 Å². The smallest absolute Gasteiger partial charge is 0.225 e. The summed E-state index contributed by atoms with van der Waals surface area (Å²) >= 11 is 0. The standard InChI is InChI=1S/C17H24N4O3S/c1-20(2)12-13-21(25(3,23)24)11-9-16(22)19-15-8-4-6-14-7-5-10-18-17(14)15/h4-8,10H,9,11-13H2,1-3H3,(H,19,22). The Balaban J connectivity index is 2.01. The maximum Gasteiger partial charge on any atom is 0.225 e. The first-order valence-electron chi connectivity index (χ1n) is 8.01. The van der Waals surface area contributed by atoms with Crippen LogP contribution in [0.15, 0.2) is 36.5 Å². The van der Waals surface area contributed by atoms with Gasteiger partial charge in [-0.1, -0.05) is 18.2 Å². The minimum atomic E-state index is -3.35. The minimum absolute atomic E-state index is 0.0870. The molecule has 0 unspecified atom stereocenters. The molecule has 25 heavy (non-hydrogen) atoms. The van der Waals surface area contributed by atoms with E-state index in [2.05, 4.69) is 10.3 Å². The summed E-state index contributed by atoms with van der Waals surface area (Å²) < 4.78 is 25.0. The highest BCUT2D eigenvalue weighted by Crippen LogP contribution is 2.20. The number of carbonyl (C=O) groups is 1. The molecular weight excluding hydrogens is 340 g/mol. The molecule has 0 saturated heterocycles. The highest BCUT2D eigenvalue weighted by atomic mass is 32.2. The Labute approximate surface area is 148 Å². The number of amides is 1. The monoisotopic (exact) mass is 364 g/mol. The molecule has 1 amide bonds. The van der Waals surface area contributed by atoms with E-state index in [1.54, 1.807) is 12.3 Å². The Morgan fingerprint density at radius 3 is 2.52 bits per heavy atom. The third kappa shape index (κ3) is 5.77. The normalized spacial score (nSPS) is 12.0. The predicted octanol–water partition coefficient (Wildman–Crippen LogP) is 1.39. The number of carbonyl (C=O) groups excluding carboxylic acids is 1. The van der Waals surface area contributed by atoms with Crippen molar-refractivity contribution in [3.05, 3.63) is 36.5 Å². The molecule has 7 nitrogen and oxygen atoms in total. The summed E-state index contributed by atoms with van der Waals surface area (Å²) in [6.07, 6.45) is 2.92. The van der Waals surface area contributed by atoms with E-state index in [0.717, 1.165) is 11.6 Å². The number of nitrogens with one attached hydrogen (secondary N) is 1. The summed E-state index contributed by atoms with van der Waals surface area (Å²) in [6.45, 7) is 1.10. The van der Waals surface area contributed by atoms with Crippen molar-refractivity contribution in [1.82, 2.24) is 14.2 Å². The van der Waals surface area contributed by atoms with E-state index in [1.807, 2.05) is 43.3 Å². The Morgan fingerprint density at radius 2 is 1.84 bits per heavy atom. The molecule has 0 bridgehead atoms. The van der Waals surface area contributed by atoms with Crippen LogP contribution in [-0.2, 0) is 14.8 Å². The Bertz CT molecular complexity index is 831. The number of fused-ring (bicyclic) bond motifs is 1. The molecule has 1 N–H and O–H groups in total. The van der Waals surface area contributed by atoms with E-state index in [9.17, 15) is 13.2 Å². The summed E-state index contributed by atoms with van der Waals surface area (Å²) in [6, 6.07) is 9.31. The van der Waals surface area contributed by atoms with Gasteiger partial charge in [-0.25, -0.2) is 12.7 Å². The second kappa shape index (κ2) is 8.37. The molecule has 8 heteroatoms. The SMILES string of the molecule is CN(C)CCN(CCC(=O)Nc1cccc2cccnc12)S(C)(=O)=O. The van der Waals surface area contributed by atoms with Crippen LogP contribution < -0.4 is 5.32 Å². The highest BCUT2D eigenvalue weighted by molar-refractivity contribution is 7.88. The van der Waals surface area contributed by atoms with Crippen LogP contribution in [0.5, 0.6) is 0 Å². The van der Waals surface area contributed by atoms with Gasteiger partial charge in [0.25, 0.3) is 0 Å². The van der Waals surface area contributed by atoms with E-state index in [4.69, 9.17) is 0 Å². The van der Waals surface area contributed by atoms with Crippen molar-refractivity contribution in [3.63, 3.8) is 0 Å². The molecule has 0 radical (unpaired) electrons. The fourth-order valence-corrected chi connectivity index (χ4v) is 3.24. The van der Waals surface area contributed by atoms with Crippen molar-refractivity contribution in [1.29, 1.82) is 0 Å². The lowest BCUT2D eigenvalue weighted by Crippen LogP contribution is -2.37. The molecular formula is C17H24N4O3S. The van der Waals surface area contributed by atoms with Gasteiger partial charge in [-0.05, 0) is 26.2 Å². The van der Waals surface area contributed by atoms with Gasteiger partial charge >= 0.3 is 0 Å². The van der Waals surface area contributed by atoms with Gasteiger partial charge in [0.1, 0.15) is 0 Å². The van der Waals surface area contributed by atoms with Crippen LogP contribution in [0, 0.1) is 0 Å². The first-order chi connectivity index (χ1) is 11.8. The number of benzene rings is 1. The van der Waals surface area contributed by atoms with Crippen LogP contribution in [0.25, 0.3) is 10.9 Å². The van der Waals surface area contributed by atoms with Crippen LogP contribution in [-0.4, -0.2) is 68.5 Å². The lowest BCUT2D eigenvalue weighted by atomic mass is 10.2. The Kier molecular flexibility index (Phi) is 6.46. The number of hydrogen-bond donors (Lipinski definition) is 1. The zero-order chi connectivity index (χ0) is 18.4. The van der Waals surface area contributed by atoms with E-state index in [-0.39, 0.29) is 18.9 Å². The van der Waals surface area contributed by atoms with Gasteiger partial charge in [-0.15, -0.1) is 0 Å². The molecule has 2 aromatic rings. The fourth-order valence-electron chi connectivity index (χ4n) is 2.40. The third-order valence-corrected chi connectivity index (χ3v) is 5.06. The second-order valence-corrected chi connectivity index (χ2v) is 8.13. The van der Waals surface area contributed by atoms with Crippen LogP contribution in [0.1, 0.15) is 6.42 Å². The number of rotatable bonds is 8. The molecule has 0 aliphatic heterocycles. The number of pyridine rings is 1. The van der Waals surface area contributed by atoms with Gasteiger partial charge in [0, 0.05) is 37.6 Å². The molecule has 0 aliphatic carbocycles. The first-order valence-corrected chi connectivity index (χ1v) is 9.85. The van der Waals surface area contributed by atoms with Crippen LogP contribution in [0.4, 0.5) is 5.69 Å². The largest absolute Gasteiger partial charge is 0.324 e. The molecule has 0 aliphatic rings. The van der Waals surface area contributed by atoms with Crippen molar-refractivity contribution in [2.24, 2.45) is 0 Å². The number of likely N-dealkylation sites (N-methyl/N-ethyl adjacent to an activating group) is 1. The molecule has 0 spiro atoms. The summed E-state index contributed by atoms with van der Waals surface area (Å²) in [5, 5.41) is 3.76. The van der Waals surface area contributed by atoms with E-state index in [0.29, 0.717) is 24.3 Å². The third-order valence-electron chi connectivity index (χ3n) is 3.76. The number of aromatic nitrogens is 1. The van der Waals surface area contributed by atoms with Gasteiger partial charge in [-0.3, -0.25) is 9.78 Å². The van der Waals surface area contributed by atoms with Gasteiger partial charge in [0.15, 0.2) is 0 Å². The van der Waals surface area contributed by atoms with E-state index in [1.165, 1.54) is 4.31 Å². The number of sulfonamides is 1. The van der Waals surface area contributed by atoms with Crippen molar-refractivity contribution >= 4 is 32.5 Å². The summed E-state index contributed by atoms with van der Waals surface area (Å²) in [4.78, 5) is 18.4. The Morgan fingerprint density at radius 1 is 1.12 bits per heavy atom. The lowest BCUT2D eigenvalue weighted by Gasteiger charge is -2.21. The minimum Gasteiger partial charge on any atom is -0.324 e. The molecule has 0 saturated carbocycles. The first kappa shape index (κ1) is 19.3. The summed E-state index contributed by atoms with van der Waals surface area (Å²) in [7, 11) is 0.402. The van der Waals surface area contributed by atoms with Crippen LogP contribution in [0.2, 0.25) is 0 Å². The number of nitrogens with zero attached hydrogens (tertiary/aromatic N) is 3. The van der Waals surface area contributed by atoms with Gasteiger partial charge < -0.3 is 10.2 Å². The molecule has 0 atom stereocenters. The molecule has 1 aromatic carbocycles. The average Bonchev–Trinajstić information content (AvgIpc) is 2.53. The lowest BCUT2D eigenvalue weighted by molar-refractivity contribution is -0.116. The maximum absolute atomic E-state index is 12.3. The van der Waals surface area contributed by atoms with Crippen LogP contribution in [0.3, 0.4) is 0 Å². The maximum atomic E-state index is 12.3. The van der Waals surface area contributed by atoms with E-state index >= 15 is 0 Å². The predicted molar refractivity (Wildman–Crippen MR) is 100.0 cm³/mol. The zero-order valence-corrected chi connectivity index (χ0v) is 15.6. The average molecular weight is 364 g/mol. The number of anilines is 1. The van der Waals surface area contributed by atoms with E-state index < -0.39 is 10.0 Å². The highest BCUT2D eigenvalue weighted by Gasteiger charge is 2.18. The molecule has 1 heterocycles. The molecule has 1 aromatic heterocycles.